The molecule has 1 aromatic carbocycles. The summed E-state index contributed by atoms with van der Waals surface area (Å²) in [5.74, 6) is -1.90. The topological polar surface area (TPSA) is 102 Å². The number of nitrogens with one attached hydrogen (secondary N) is 1. The van der Waals surface area contributed by atoms with Gasteiger partial charge in [-0.25, -0.2) is 13.2 Å². The van der Waals surface area contributed by atoms with Crippen LogP contribution in [0.4, 0.5) is 11.4 Å². The van der Waals surface area contributed by atoms with E-state index in [-0.39, 0.29) is 17.0 Å². The van der Waals surface area contributed by atoms with Crippen LogP contribution in [0.15, 0.2) is 18.2 Å². The van der Waals surface area contributed by atoms with Crippen LogP contribution in [-0.2, 0) is 24.1 Å². The van der Waals surface area contributed by atoms with Crippen molar-refractivity contribution in [1.29, 1.82) is 0 Å². The van der Waals surface area contributed by atoms with Crippen LogP contribution in [0.5, 0.6) is 0 Å². The third-order valence-corrected chi connectivity index (χ3v) is 6.08. The van der Waals surface area contributed by atoms with Crippen molar-refractivity contribution in [2.45, 2.75) is 26.2 Å². The Morgan fingerprint density at radius 1 is 1.21 bits per heavy atom. The van der Waals surface area contributed by atoms with Gasteiger partial charge in [0.2, 0.25) is 5.91 Å². The number of morpholine rings is 1. The molecule has 0 saturated carbocycles. The fourth-order valence-corrected chi connectivity index (χ4v) is 4.23. The number of sulfone groups is 1. The molecule has 1 amide bonds. The maximum Gasteiger partial charge on any atom is 0.340 e. The number of carbonyl (C=O) groups is 2. The number of carbonyl (C=O) groups excluding carboxylic acids is 2. The Morgan fingerprint density at radius 3 is 2.57 bits per heavy atom. The van der Waals surface area contributed by atoms with E-state index in [1.54, 1.807) is 18.2 Å². The molecule has 1 heterocycles. The van der Waals surface area contributed by atoms with Crippen molar-refractivity contribution >= 4 is 33.1 Å². The summed E-state index contributed by atoms with van der Waals surface area (Å²) in [4.78, 5) is 26.5. The van der Waals surface area contributed by atoms with Crippen LogP contribution in [0.25, 0.3) is 0 Å². The zero-order chi connectivity index (χ0) is 20.6. The van der Waals surface area contributed by atoms with Crippen LogP contribution < -0.4 is 10.2 Å². The lowest BCUT2D eigenvalue weighted by molar-refractivity contribution is -0.113. The van der Waals surface area contributed by atoms with Gasteiger partial charge in [-0.3, -0.25) is 4.79 Å². The van der Waals surface area contributed by atoms with E-state index in [2.05, 4.69) is 10.2 Å². The first-order chi connectivity index (χ1) is 13.4. The van der Waals surface area contributed by atoms with E-state index in [0.717, 1.165) is 18.5 Å². The lowest BCUT2D eigenvalue weighted by atomic mass is 10.1. The first-order valence-corrected chi connectivity index (χ1v) is 11.2. The number of esters is 1. The highest BCUT2D eigenvalue weighted by atomic mass is 32.2. The number of anilines is 2. The molecule has 1 N–H and O–H groups in total. The average molecular weight is 413 g/mol. The molecule has 0 aliphatic carbocycles. The van der Waals surface area contributed by atoms with Gasteiger partial charge in [-0.2, -0.15) is 0 Å². The molecule has 0 spiro atoms. The second-order valence-electron chi connectivity index (χ2n) is 6.67. The van der Waals surface area contributed by atoms with Crippen LogP contribution in [0.2, 0.25) is 0 Å². The predicted octanol–water partition coefficient (Wildman–Crippen LogP) is 1.85. The van der Waals surface area contributed by atoms with Gasteiger partial charge in [-0.1, -0.05) is 19.8 Å². The molecule has 1 fully saturated rings. The monoisotopic (exact) mass is 412 g/mol. The molecule has 0 unspecified atom stereocenters. The zero-order valence-electron chi connectivity index (χ0n) is 16.4. The van der Waals surface area contributed by atoms with E-state index in [4.69, 9.17) is 9.47 Å². The van der Waals surface area contributed by atoms with Gasteiger partial charge in [0.25, 0.3) is 0 Å². The van der Waals surface area contributed by atoms with Gasteiger partial charge in [-0.15, -0.1) is 0 Å². The SMILES string of the molecule is CCCCCS(=O)(=O)CC(=O)Nc1ccc(N2CCOCC2)cc1C(=O)OC. The Labute approximate surface area is 166 Å². The second-order valence-corrected chi connectivity index (χ2v) is 8.85. The van der Waals surface area contributed by atoms with Gasteiger partial charge in [0.15, 0.2) is 9.84 Å². The number of methoxy groups -OCH3 is 1. The number of nitrogens with zero attached hydrogens (tertiary/aromatic N) is 1. The largest absolute Gasteiger partial charge is 0.465 e. The number of rotatable bonds is 9. The molecule has 0 aromatic heterocycles. The van der Waals surface area contributed by atoms with Crippen LogP contribution in [0.1, 0.15) is 36.5 Å². The summed E-state index contributed by atoms with van der Waals surface area (Å²) < 4.78 is 34.3. The lowest BCUT2D eigenvalue weighted by Gasteiger charge is -2.29. The van der Waals surface area contributed by atoms with Crippen molar-refractivity contribution in [3.8, 4) is 0 Å². The number of hydrogen-bond acceptors (Lipinski definition) is 7. The van der Waals surface area contributed by atoms with Crippen LogP contribution in [0.3, 0.4) is 0 Å². The van der Waals surface area contributed by atoms with Gasteiger partial charge < -0.3 is 19.7 Å². The fraction of sp³-hybridized carbons (Fsp3) is 0.579. The van der Waals surface area contributed by atoms with E-state index in [1.165, 1.54) is 7.11 Å². The van der Waals surface area contributed by atoms with E-state index in [9.17, 15) is 18.0 Å². The van der Waals surface area contributed by atoms with E-state index < -0.39 is 27.5 Å². The average Bonchev–Trinajstić information content (AvgIpc) is 2.68. The smallest absolute Gasteiger partial charge is 0.340 e. The normalized spacial score (nSPS) is 14.6. The summed E-state index contributed by atoms with van der Waals surface area (Å²) in [6, 6.07) is 5.02. The molecular weight excluding hydrogens is 384 g/mol. The highest BCUT2D eigenvalue weighted by molar-refractivity contribution is 7.92. The third kappa shape index (κ3) is 6.49. The highest BCUT2D eigenvalue weighted by Gasteiger charge is 2.21. The number of unbranched alkanes of at least 4 members (excludes halogenated alkanes) is 2. The first-order valence-electron chi connectivity index (χ1n) is 9.41. The van der Waals surface area contributed by atoms with Crippen molar-refractivity contribution in [3.63, 3.8) is 0 Å². The van der Waals surface area contributed by atoms with E-state index in [1.807, 2.05) is 6.92 Å². The number of amides is 1. The van der Waals surface area contributed by atoms with Gasteiger partial charge >= 0.3 is 5.97 Å². The van der Waals surface area contributed by atoms with Crippen LogP contribution in [0, 0.1) is 0 Å². The Balaban J connectivity index is 2.12. The van der Waals surface area contributed by atoms with Gasteiger partial charge in [0, 0.05) is 18.8 Å². The molecule has 0 radical (unpaired) electrons. The molecular formula is C19H28N2O6S. The minimum Gasteiger partial charge on any atom is -0.465 e. The molecule has 1 aliphatic heterocycles. The molecule has 28 heavy (non-hydrogen) atoms. The second kappa shape index (κ2) is 10.4. The third-order valence-electron chi connectivity index (χ3n) is 4.47. The highest BCUT2D eigenvalue weighted by Crippen LogP contribution is 2.25. The Morgan fingerprint density at radius 2 is 1.93 bits per heavy atom. The Hall–Kier alpha value is -2.13. The molecule has 156 valence electrons. The van der Waals surface area contributed by atoms with Crippen LogP contribution >= 0.6 is 0 Å². The minimum atomic E-state index is -3.49. The van der Waals surface area contributed by atoms with E-state index in [0.29, 0.717) is 32.7 Å². The summed E-state index contributed by atoms with van der Waals surface area (Å²) in [6.45, 7) is 4.57. The first kappa shape index (κ1) is 22.2. The van der Waals surface area contributed by atoms with Gasteiger partial charge in [0.05, 0.1) is 37.3 Å². The molecule has 1 aromatic rings. The summed E-state index contributed by atoms with van der Waals surface area (Å²) >= 11 is 0. The van der Waals surface area contributed by atoms with Crippen molar-refractivity contribution in [2.24, 2.45) is 0 Å². The zero-order valence-corrected chi connectivity index (χ0v) is 17.2. The van der Waals surface area contributed by atoms with Crippen LogP contribution in [-0.4, -0.2) is 65.2 Å². The Bertz CT molecular complexity index is 788. The standard InChI is InChI=1S/C19H28N2O6S/c1-3-4-5-12-28(24,25)14-18(22)20-17-7-6-15(13-16(17)19(23)26-2)21-8-10-27-11-9-21/h6-7,13H,3-5,8-12,14H2,1-2H3,(H,20,22). The van der Waals surface area contributed by atoms with Crippen molar-refractivity contribution < 1.29 is 27.5 Å². The molecule has 0 bridgehead atoms. The molecule has 1 saturated heterocycles. The summed E-state index contributed by atoms with van der Waals surface area (Å²) in [6.07, 6.45) is 2.24. The molecule has 0 atom stereocenters. The maximum atomic E-state index is 12.2. The predicted molar refractivity (Wildman–Crippen MR) is 108 cm³/mol. The fourth-order valence-electron chi connectivity index (χ4n) is 2.97. The summed E-state index contributed by atoms with van der Waals surface area (Å²) in [5, 5.41) is 2.54. The lowest BCUT2D eigenvalue weighted by Crippen LogP contribution is -2.36. The summed E-state index contributed by atoms with van der Waals surface area (Å²) in [5.41, 5.74) is 1.23. The van der Waals surface area contributed by atoms with E-state index >= 15 is 0 Å². The minimum absolute atomic E-state index is 0.0198. The van der Waals surface area contributed by atoms with Crippen molar-refractivity contribution in [2.75, 3.05) is 55.1 Å². The molecule has 2 rings (SSSR count). The van der Waals surface area contributed by atoms with Gasteiger partial charge in [0.1, 0.15) is 5.75 Å². The maximum absolute atomic E-state index is 12.2. The van der Waals surface area contributed by atoms with Crippen molar-refractivity contribution in [1.82, 2.24) is 0 Å². The Kier molecular flexibility index (Phi) is 8.25. The number of benzene rings is 1. The molecule has 9 heteroatoms. The number of hydrogen-bond donors (Lipinski definition) is 1. The quantitative estimate of drug-likeness (QED) is 0.488. The number of ether oxygens (including phenoxy) is 2. The van der Waals surface area contributed by atoms with Gasteiger partial charge in [-0.05, 0) is 24.6 Å². The molecule has 1 aliphatic rings. The molecule has 8 nitrogen and oxygen atoms in total. The van der Waals surface area contributed by atoms with Crippen molar-refractivity contribution in [3.05, 3.63) is 23.8 Å². The summed E-state index contributed by atoms with van der Waals surface area (Å²) in [7, 11) is -2.23.